The minimum atomic E-state index is -0.931. The molecule has 2 aliphatic rings. The fourth-order valence-corrected chi connectivity index (χ4v) is 2.60. The molecule has 0 aromatic carbocycles. The minimum absolute atomic E-state index is 0.155. The van der Waals surface area contributed by atoms with E-state index >= 15 is 0 Å². The summed E-state index contributed by atoms with van der Waals surface area (Å²) >= 11 is 0. The standard InChI is InChI=1S/C12H22N4O3/c1-7(17)9(13)10(18)16-15-8-2-4-12(5-3-8)6-14-11(12)19/h7-9,15,17H,2-6,13H2,1H3,(H,14,19)(H,16,18)/t7-,8?,9+,12?/m1/s1. The summed E-state index contributed by atoms with van der Waals surface area (Å²) in [5.74, 6) is -0.261. The number of rotatable bonds is 4. The Labute approximate surface area is 112 Å². The van der Waals surface area contributed by atoms with Gasteiger partial charge in [-0.25, -0.2) is 5.43 Å². The smallest absolute Gasteiger partial charge is 0.253 e. The van der Waals surface area contributed by atoms with Gasteiger partial charge in [-0.05, 0) is 32.6 Å². The highest BCUT2D eigenvalue weighted by molar-refractivity contribution is 5.88. The molecule has 0 aromatic rings. The van der Waals surface area contributed by atoms with Crippen LogP contribution in [0.25, 0.3) is 0 Å². The van der Waals surface area contributed by atoms with Gasteiger partial charge in [-0.2, -0.15) is 0 Å². The van der Waals surface area contributed by atoms with Crippen molar-refractivity contribution in [3.8, 4) is 0 Å². The van der Waals surface area contributed by atoms with Crippen molar-refractivity contribution in [2.75, 3.05) is 6.54 Å². The van der Waals surface area contributed by atoms with E-state index in [1.54, 1.807) is 0 Å². The fourth-order valence-electron chi connectivity index (χ4n) is 2.60. The van der Waals surface area contributed by atoms with E-state index < -0.39 is 18.1 Å². The van der Waals surface area contributed by atoms with Crippen molar-refractivity contribution in [1.82, 2.24) is 16.2 Å². The van der Waals surface area contributed by atoms with Gasteiger partial charge >= 0.3 is 0 Å². The molecule has 2 atom stereocenters. The van der Waals surface area contributed by atoms with Crippen molar-refractivity contribution in [3.63, 3.8) is 0 Å². The SMILES string of the molecule is C[C@@H](O)[C@H](N)C(=O)NNC1CCC2(CC1)CNC2=O. The summed E-state index contributed by atoms with van der Waals surface area (Å²) in [6.45, 7) is 2.25. The lowest BCUT2D eigenvalue weighted by Crippen LogP contribution is -2.62. The molecule has 1 heterocycles. The molecule has 6 N–H and O–H groups in total. The first-order chi connectivity index (χ1) is 8.94. The highest BCUT2D eigenvalue weighted by atomic mass is 16.3. The van der Waals surface area contributed by atoms with Crippen molar-refractivity contribution in [3.05, 3.63) is 0 Å². The van der Waals surface area contributed by atoms with Gasteiger partial charge < -0.3 is 16.2 Å². The van der Waals surface area contributed by atoms with E-state index in [9.17, 15) is 14.7 Å². The molecule has 1 spiro atoms. The molecular weight excluding hydrogens is 248 g/mol. The van der Waals surface area contributed by atoms with E-state index in [0.29, 0.717) is 0 Å². The van der Waals surface area contributed by atoms with Crippen LogP contribution < -0.4 is 21.9 Å². The highest BCUT2D eigenvalue weighted by Gasteiger charge is 2.48. The molecule has 2 fully saturated rings. The summed E-state index contributed by atoms with van der Waals surface area (Å²) in [5.41, 5.74) is 10.8. The lowest BCUT2D eigenvalue weighted by molar-refractivity contribution is -0.143. The summed E-state index contributed by atoms with van der Waals surface area (Å²) < 4.78 is 0. The molecule has 7 nitrogen and oxygen atoms in total. The summed E-state index contributed by atoms with van der Waals surface area (Å²) in [6.07, 6.45) is 2.49. The molecule has 1 saturated heterocycles. The van der Waals surface area contributed by atoms with Crippen LogP contribution >= 0.6 is 0 Å². The maximum atomic E-state index is 11.6. The number of hydrogen-bond donors (Lipinski definition) is 5. The highest BCUT2D eigenvalue weighted by Crippen LogP contribution is 2.40. The topological polar surface area (TPSA) is 116 Å². The molecule has 19 heavy (non-hydrogen) atoms. The third-order valence-electron chi connectivity index (χ3n) is 4.23. The zero-order chi connectivity index (χ0) is 14.0. The Balaban J connectivity index is 1.71. The van der Waals surface area contributed by atoms with Crippen LogP contribution in [0, 0.1) is 5.41 Å². The van der Waals surface area contributed by atoms with Crippen molar-refractivity contribution < 1.29 is 14.7 Å². The monoisotopic (exact) mass is 270 g/mol. The van der Waals surface area contributed by atoms with E-state index in [0.717, 1.165) is 32.2 Å². The number of carbonyl (C=O) groups excluding carboxylic acids is 2. The van der Waals surface area contributed by atoms with Crippen LogP contribution in [0.15, 0.2) is 0 Å². The molecule has 7 heteroatoms. The number of nitrogens with two attached hydrogens (primary N) is 1. The van der Waals surface area contributed by atoms with Crippen molar-refractivity contribution >= 4 is 11.8 Å². The molecule has 1 saturated carbocycles. The Morgan fingerprint density at radius 3 is 2.58 bits per heavy atom. The van der Waals surface area contributed by atoms with Crippen LogP contribution in [-0.4, -0.2) is 41.7 Å². The van der Waals surface area contributed by atoms with Gasteiger partial charge in [0.1, 0.15) is 6.04 Å². The maximum Gasteiger partial charge on any atom is 0.253 e. The Morgan fingerprint density at radius 2 is 2.16 bits per heavy atom. The predicted molar refractivity (Wildman–Crippen MR) is 68.6 cm³/mol. The molecule has 0 unspecified atom stereocenters. The van der Waals surface area contributed by atoms with E-state index in [1.807, 2.05) is 0 Å². The molecule has 108 valence electrons. The van der Waals surface area contributed by atoms with Gasteiger partial charge in [-0.15, -0.1) is 0 Å². The van der Waals surface area contributed by atoms with Gasteiger partial charge in [-0.3, -0.25) is 15.0 Å². The Hall–Kier alpha value is -1.18. The largest absolute Gasteiger partial charge is 0.391 e. The Kier molecular flexibility index (Phi) is 4.07. The maximum absolute atomic E-state index is 11.6. The third-order valence-corrected chi connectivity index (χ3v) is 4.23. The second-order valence-electron chi connectivity index (χ2n) is 5.64. The number of hydrogen-bond acceptors (Lipinski definition) is 5. The zero-order valence-electron chi connectivity index (χ0n) is 11.1. The van der Waals surface area contributed by atoms with Crippen molar-refractivity contribution in [2.45, 2.75) is 50.8 Å². The van der Waals surface area contributed by atoms with Gasteiger partial charge in [-0.1, -0.05) is 0 Å². The van der Waals surface area contributed by atoms with E-state index in [4.69, 9.17) is 5.73 Å². The Bertz CT molecular complexity index is 364. The molecule has 2 amide bonds. The van der Waals surface area contributed by atoms with Crippen LogP contribution in [-0.2, 0) is 9.59 Å². The van der Waals surface area contributed by atoms with E-state index in [2.05, 4.69) is 16.2 Å². The first-order valence-electron chi connectivity index (χ1n) is 6.72. The van der Waals surface area contributed by atoms with Gasteiger partial charge in [0.25, 0.3) is 5.91 Å². The van der Waals surface area contributed by atoms with Gasteiger partial charge in [0, 0.05) is 12.6 Å². The number of nitrogens with one attached hydrogen (secondary N) is 3. The molecular formula is C12H22N4O3. The molecule has 0 aromatic heterocycles. The van der Waals surface area contributed by atoms with Crippen LogP contribution in [0.4, 0.5) is 0 Å². The number of aliphatic hydroxyl groups excluding tert-OH is 1. The van der Waals surface area contributed by atoms with Crippen molar-refractivity contribution in [1.29, 1.82) is 0 Å². The lowest BCUT2D eigenvalue weighted by atomic mass is 9.68. The second-order valence-corrected chi connectivity index (χ2v) is 5.64. The van der Waals surface area contributed by atoms with E-state index in [1.165, 1.54) is 6.92 Å². The first-order valence-corrected chi connectivity index (χ1v) is 6.72. The second kappa shape index (κ2) is 5.44. The number of carbonyl (C=O) groups is 2. The number of amides is 2. The van der Waals surface area contributed by atoms with Crippen LogP contribution in [0.5, 0.6) is 0 Å². The van der Waals surface area contributed by atoms with Crippen molar-refractivity contribution in [2.24, 2.45) is 11.1 Å². The molecule has 2 rings (SSSR count). The van der Waals surface area contributed by atoms with Gasteiger partial charge in [0.15, 0.2) is 0 Å². The normalized spacial score (nSPS) is 33.2. The first kappa shape index (κ1) is 14.2. The molecule has 0 radical (unpaired) electrons. The average Bonchev–Trinajstić information content (AvgIpc) is 2.42. The third kappa shape index (κ3) is 2.88. The molecule has 1 aliphatic carbocycles. The number of β-lactam (4-membered cyclic amide) rings is 1. The molecule has 1 aliphatic heterocycles. The Morgan fingerprint density at radius 1 is 1.53 bits per heavy atom. The van der Waals surface area contributed by atoms with Crippen LogP contribution in [0.3, 0.4) is 0 Å². The summed E-state index contributed by atoms with van der Waals surface area (Å²) in [7, 11) is 0. The zero-order valence-corrected chi connectivity index (χ0v) is 11.1. The lowest BCUT2D eigenvalue weighted by Gasteiger charge is -2.45. The van der Waals surface area contributed by atoms with Crippen LogP contribution in [0.2, 0.25) is 0 Å². The van der Waals surface area contributed by atoms with Gasteiger partial charge in [0.2, 0.25) is 5.91 Å². The predicted octanol–water partition coefficient (Wildman–Crippen LogP) is -1.63. The summed E-state index contributed by atoms with van der Waals surface area (Å²) in [5, 5.41) is 12.0. The van der Waals surface area contributed by atoms with Crippen LogP contribution in [0.1, 0.15) is 32.6 Å². The number of hydrazine groups is 1. The minimum Gasteiger partial charge on any atom is -0.391 e. The fraction of sp³-hybridized carbons (Fsp3) is 0.833. The summed E-state index contributed by atoms with van der Waals surface area (Å²) in [4.78, 5) is 23.1. The van der Waals surface area contributed by atoms with Gasteiger partial charge in [0.05, 0.1) is 11.5 Å². The quantitative estimate of drug-likeness (QED) is 0.311. The molecule has 0 bridgehead atoms. The summed E-state index contributed by atoms with van der Waals surface area (Å²) in [6, 6.07) is -0.774. The number of aliphatic hydroxyl groups is 1. The average molecular weight is 270 g/mol. The van der Waals surface area contributed by atoms with E-state index in [-0.39, 0.29) is 17.4 Å².